The maximum absolute atomic E-state index is 13.0. The van der Waals surface area contributed by atoms with Crippen molar-refractivity contribution in [2.45, 2.75) is 321 Å². The number of allylic oxidation sites excluding steroid dienone is 9. The van der Waals surface area contributed by atoms with Crippen molar-refractivity contribution in [2.75, 3.05) is 40.9 Å². The minimum absolute atomic E-state index is 0.0625. The number of phosphoric ester groups is 1. The van der Waals surface area contributed by atoms with Gasteiger partial charge in [-0.15, -0.1) is 0 Å². The number of rotatable bonds is 60. The Morgan fingerprint density at radius 1 is 0.461 bits per heavy atom. The maximum atomic E-state index is 13.0. The molecular formula is C67H128N2O6P+. The molecule has 0 heterocycles. The van der Waals surface area contributed by atoms with Gasteiger partial charge < -0.3 is 19.8 Å². The molecule has 0 radical (unpaired) electrons. The molecule has 0 aromatic rings. The van der Waals surface area contributed by atoms with Gasteiger partial charge in [0, 0.05) is 6.42 Å². The number of unbranched alkanes of at least 4 members (excludes halogenated alkanes) is 39. The van der Waals surface area contributed by atoms with E-state index in [1.165, 1.54) is 225 Å². The fraction of sp³-hybridized carbons (Fsp3) is 0.836. The molecule has 446 valence electrons. The number of nitrogens with one attached hydrogen (secondary N) is 1. The molecular weight excluding hydrogens is 960 g/mol. The van der Waals surface area contributed by atoms with Gasteiger partial charge in [0.05, 0.1) is 39.9 Å². The highest BCUT2D eigenvalue weighted by Gasteiger charge is 2.28. The predicted octanol–water partition coefficient (Wildman–Crippen LogP) is 20.4. The molecule has 0 rings (SSSR count). The number of amides is 1. The molecule has 9 heteroatoms. The van der Waals surface area contributed by atoms with E-state index in [4.69, 9.17) is 9.05 Å². The van der Waals surface area contributed by atoms with E-state index in [0.29, 0.717) is 17.4 Å². The average Bonchev–Trinajstić information content (AvgIpc) is 3.38. The van der Waals surface area contributed by atoms with E-state index in [2.05, 4.69) is 67.8 Å². The number of aliphatic hydroxyl groups is 1. The summed E-state index contributed by atoms with van der Waals surface area (Å²) in [6, 6.07) is -0.847. The summed E-state index contributed by atoms with van der Waals surface area (Å²) in [5, 5.41) is 14.0. The molecule has 76 heavy (non-hydrogen) atoms. The van der Waals surface area contributed by atoms with E-state index in [9.17, 15) is 19.4 Å². The zero-order chi connectivity index (χ0) is 55.6. The van der Waals surface area contributed by atoms with Crippen LogP contribution < -0.4 is 5.32 Å². The highest BCUT2D eigenvalue weighted by Crippen LogP contribution is 2.43. The molecule has 0 aliphatic heterocycles. The van der Waals surface area contributed by atoms with Crippen molar-refractivity contribution in [1.82, 2.24) is 5.32 Å². The van der Waals surface area contributed by atoms with Crippen LogP contribution in [0.4, 0.5) is 0 Å². The first-order valence-electron chi connectivity index (χ1n) is 32.7. The van der Waals surface area contributed by atoms with Crippen LogP contribution in [0.3, 0.4) is 0 Å². The Hall–Kier alpha value is -1.80. The summed E-state index contributed by atoms with van der Waals surface area (Å²) >= 11 is 0. The molecule has 0 saturated carbocycles. The number of likely N-dealkylation sites (N-methyl/N-ethyl adjacent to an activating group) is 1. The second-order valence-corrected chi connectivity index (χ2v) is 24.9. The van der Waals surface area contributed by atoms with Crippen molar-refractivity contribution >= 4 is 13.7 Å². The summed E-state index contributed by atoms with van der Waals surface area (Å²) in [6.07, 6.45) is 79.2. The average molecular weight is 1090 g/mol. The maximum Gasteiger partial charge on any atom is 0.472 e. The van der Waals surface area contributed by atoms with E-state index >= 15 is 0 Å². The molecule has 0 aliphatic carbocycles. The standard InChI is InChI=1S/C67H127N2O6P/c1-6-8-10-12-14-16-18-20-22-24-26-27-28-29-30-31-32-33-34-35-36-37-38-39-40-41-43-45-47-49-51-53-55-57-59-61-67(71)68-65(64-75-76(72,73)74-63-62-69(3,4)5)66(70)60-58-56-54-52-50-48-46-44-42-25-23-21-19-17-15-13-11-9-7-2/h8,10,14,16,20,22,26-27,58,60,65-66,70H,6-7,9,11-13,15,17-19,21,23-25,28-57,59,61-64H2,1-5H3,(H-,68,71,72,73)/p+1/b10-8-,16-14-,22-20-,27-26-,60-58+. The molecule has 0 saturated heterocycles. The summed E-state index contributed by atoms with van der Waals surface area (Å²) < 4.78 is 23.8. The molecule has 8 nitrogen and oxygen atoms in total. The molecule has 3 N–H and O–H groups in total. The largest absolute Gasteiger partial charge is 0.472 e. The van der Waals surface area contributed by atoms with Crippen molar-refractivity contribution in [3.05, 3.63) is 60.8 Å². The third-order valence-corrected chi connectivity index (χ3v) is 15.7. The SMILES string of the molecule is CC/C=C\C/C=C\C/C=C\C/C=C\CCCCCCCCCCCCCCCCCCCCCCCCC(=O)NC(COP(=O)(O)OCC[N+](C)(C)C)C(O)/C=C/CCCCCCCCCCCCCCCCCCC. The first-order valence-corrected chi connectivity index (χ1v) is 34.2. The molecule has 3 unspecified atom stereocenters. The Morgan fingerprint density at radius 3 is 1.16 bits per heavy atom. The summed E-state index contributed by atoms with van der Waals surface area (Å²) in [4.78, 5) is 23.4. The van der Waals surface area contributed by atoms with Gasteiger partial charge in [-0.1, -0.05) is 306 Å². The highest BCUT2D eigenvalue weighted by molar-refractivity contribution is 7.47. The minimum Gasteiger partial charge on any atom is -0.387 e. The summed E-state index contributed by atoms with van der Waals surface area (Å²) in [5.74, 6) is -0.172. The molecule has 0 aliphatic rings. The first kappa shape index (κ1) is 74.2. The molecule has 0 bridgehead atoms. The smallest absolute Gasteiger partial charge is 0.387 e. The lowest BCUT2D eigenvalue weighted by Gasteiger charge is -2.25. The molecule has 0 spiro atoms. The molecule has 1 amide bonds. The number of hydrogen-bond acceptors (Lipinski definition) is 5. The number of aliphatic hydroxyl groups excluding tert-OH is 1. The van der Waals surface area contributed by atoms with E-state index < -0.39 is 20.0 Å². The molecule has 0 aromatic carbocycles. The van der Waals surface area contributed by atoms with Crippen LogP contribution in [0, 0.1) is 0 Å². The summed E-state index contributed by atoms with van der Waals surface area (Å²) in [7, 11) is 1.58. The predicted molar refractivity (Wildman–Crippen MR) is 332 cm³/mol. The lowest BCUT2D eigenvalue weighted by atomic mass is 10.0. The van der Waals surface area contributed by atoms with Gasteiger partial charge >= 0.3 is 7.82 Å². The van der Waals surface area contributed by atoms with E-state index in [0.717, 1.165) is 64.2 Å². The van der Waals surface area contributed by atoms with Gasteiger partial charge in [0.2, 0.25) is 5.91 Å². The fourth-order valence-electron chi connectivity index (χ4n) is 9.68. The Labute approximate surface area is 472 Å². The van der Waals surface area contributed by atoms with E-state index in [1.54, 1.807) is 6.08 Å². The molecule has 0 aromatic heterocycles. The van der Waals surface area contributed by atoms with Crippen LogP contribution >= 0.6 is 7.82 Å². The lowest BCUT2D eigenvalue weighted by Crippen LogP contribution is -2.45. The molecule has 0 fully saturated rings. The number of hydrogen-bond donors (Lipinski definition) is 3. The lowest BCUT2D eigenvalue weighted by molar-refractivity contribution is -0.870. The van der Waals surface area contributed by atoms with Gasteiger partial charge in [-0.2, -0.15) is 0 Å². The zero-order valence-corrected chi connectivity index (χ0v) is 51.9. The van der Waals surface area contributed by atoms with Crippen LogP contribution in [0.15, 0.2) is 60.8 Å². The Morgan fingerprint density at radius 2 is 0.789 bits per heavy atom. The normalized spacial score (nSPS) is 14.1. The number of quaternary nitrogens is 1. The zero-order valence-electron chi connectivity index (χ0n) is 51.0. The Balaban J connectivity index is 4.01. The second kappa shape index (κ2) is 57.9. The van der Waals surface area contributed by atoms with Crippen molar-refractivity contribution in [3.8, 4) is 0 Å². The summed E-state index contributed by atoms with van der Waals surface area (Å²) in [5.41, 5.74) is 0. The topological polar surface area (TPSA) is 105 Å². The van der Waals surface area contributed by atoms with Crippen LogP contribution in [0.1, 0.15) is 309 Å². The Bertz CT molecular complexity index is 1420. The van der Waals surface area contributed by atoms with Crippen LogP contribution in [0.25, 0.3) is 0 Å². The van der Waals surface area contributed by atoms with Crippen molar-refractivity contribution in [1.29, 1.82) is 0 Å². The van der Waals surface area contributed by atoms with E-state index in [1.807, 2.05) is 27.2 Å². The van der Waals surface area contributed by atoms with Crippen LogP contribution in [-0.2, 0) is 18.4 Å². The van der Waals surface area contributed by atoms with Crippen molar-refractivity contribution < 1.29 is 32.9 Å². The summed E-state index contributed by atoms with van der Waals surface area (Å²) in [6.45, 7) is 4.74. The van der Waals surface area contributed by atoms with Crippen LogP contribution in [-0.4, -0.2) is 73.4 Å². The van der Waals surface area contributed by atoms with Crippen molar-refractivity contribution in [2.24, 2.45) is 0 Å². The van der Waals surface area contributed by atoms with Crippen LogP contribution in [0.2, 0.25) is 0 Å². The van der Waals surface area contributed by atoms with E-state index in [-0.39, 0.29) is 19.1 Å². The third-order valence-electron chi connectivity index (χ3n) is 14.7. The van der Waals surface area contributed by atoms with Gasteiger partial charge in [-0.3, -0.25) is 13.8 Å². The number of phosphoric acid groups is 1. The highest BCUT2D eigenvalue weighted by atomic mass is 31.2. The number of nitrogens with zero attached hydrogens (tertiary/aromatic N) is 1. The van der Waals surface area contributed by atoms with Gasteiger partial charge in [0.15, 0.2) is 0 Å². The molecule has 3 atom stereocenters. The third kappa shape index (κ3) is 59.9. The number of carbonyl (C=O) groups is 1. The van der Waals surface area contributed by atoms with Crippen LogP contribution in [0.5, 0.6) is 0 Å². The monoisotopic (exact) mass is 1090 g/mol. The van der Waals surface area contributed by atoms with Gasteiger partial charge in [-0.25, -0.2) is 4.57 Å². The van der Waals surface area contributed by atoms with Crippen molar-refractivity contribution in [3.63, 3.8) is 0 Å². The Kier molecular flexibility index (Phi) is 56.5. The second-order valence-electron chi connectivity index (χ2n) is 23.5. The van der Waals surface area contributed by atoms with Gasteiger partial charge in [0.1, 0.15) is 13.2 Å². The minimum atomic E-state index is -4.35. The quantitative estimate of drug-likeness (QED) is 0.0243. The fourth-order valence-corrected chi connectivity index (χ4v) is 10.4. The van der Waals surface area contributed by atoms with Gasteiger partial charge in [-0.05, 0) is 57.8 Å². The number of carbonyl (C=O) groups excluding carboxylic acids is 1. The van der Waals surface area contributed by atoms with Gasteiger partial charge in [0.25, 0.3) is 0 Å². The first-order chi connectivity index (χ1) is 37.0.